The van der Waals surface area contributed by atoms with Gasteiger partial charge >= 0.3 is 0 Å². The molecule has 0 radical (unpaired) electrons. The first kappa shape index (κ1) is 22.6. The Morgan fingerprint density at radius 1 is 1.30 bits per heavy atom. The third kappa shape index (κ3) is 6.19. The number of hydrogen-bond acceptors (Lipinski definition) is 4. The van der Waals surface area contributed by atoms with Gasteiger partial charge in [0.25, 0.3) is 5.69 Å². The Morgan fingerprint density at radius 2 is 1.91 bits per heavy atom. The second-order valence-corrected chi connectivity index (χ2v) is 6.75. The van der Waals surface area contributed by atoms with Crippen LogP contribution in [0.2, 0.25) is 0 Å². The quantitative estimate of drug-likeness (QED) is 0.564. The number of piperazine rings is 1. The van der Waals surface area contributed by atoms with Crippen LogP contribution in [0.4, 0.5) is 5.69 Å². The van der Waals surface area contributed by atoms with Crippen molar-refractivity contribution in [1.82, 2.24) is 10.2 Å². The van der Waals surface area contributed by atoms with Crippen molar-refractivity contribution in [2.24, 2.45) is 5.92 Å². The highest BCUT2D eigenvalue weighted by atomic mass is 79.9. The molecule has 0 spiro atoms. The van der Waals surface area contributed by atoms with E-state index in [1.54, 1.807) is 12.1 Å². The normalized spacial score (nSPS) is 16.3. The summed E-state index contributed by atoms with van der Waals surface area (Å²) in [5.41, 5.74) is 1.19. The lowest BCUT2D eigenvalue weighted by Crippen LogP contribution is -2.45. The SMILES string of the molecule is CC(C)C[C@@H](c1ccc(Br)c([N+](=O)[O-])c1)N1CCNCC1.Cl.Cl. The molecule has 0 aromatic heterocycles. The molecule has 1 saturated heterocycles. The highest BCUT2D eigenvalue weighted by Gasteiger charge is 2.25. The second-order valence-electron chi connectivity index (χ2n) is 5.90. The Bertz CT molecular complexity index is 511. The van der Waals surface area contributed by atoms with E-state index in [0.717, 1.165) is 38.2 Å². The van der Waals surface area contributed by atoms with Crippen LogP contribution in [0.1, 0.15) is 31.9 Å². The Kier molecular flexibility index (Phi) is 10.3. The Morgan fingerprint density at radius 3 is 2.43 bits per heavy atom. The van der Waals surface area contributed by atoms with Crippen LogP contribution < -0.4 is 5.32 Å². The van der Waals surface area contributed by atoms with E-state index < -0.39 is 0 Å². The average Bonchev–Trinajstić information content (AvgIpc) is 2.46. The summed E-state index contributed by atoms with van der Waals surface area (Å²) in [6.45, 7) is 8.33. The van der Waals surface area contributed by atoms with Crippen LogP contribution in [0, 0.1) is 16.0 Å². The number of nitrogens with zero attached hydrogens (tertiary/aromatic N) is 2. The van der Waals surface area contributed by atoms with Crippen LogP contribution in [-0.2, 0) is 0 Å². The molecule has 8 heteroatoms. The summed E-state index contributed by atoms with van der Waals surface area (Å²) in [4.78, 5) is 13.3. The Hall–Kier alpha value is -0.400. The molecule has 1 aliphatic rings. The molecule has 0 aliphatic carbocycles. The van der Waals surface area contributed by atoms with Gasteiger partial charge in [-0.3, -0.25) is 15.0 Å². The largest absolute Gasteiger partial charge is 0.314 e. The highest BCUT2D eigenvalue weighted by Crippen LogP contribution is 2.33. The summed E-state index contributed by atoms with van der Waals surface area (Å²) in [6.07, 6.45) is 1.01. The fourth-order valence-corrected chi connectivity index (χ4v) is 3.20. The second kappa shape index (κ2) is 10.5. The summed E-state index contributed by atoms with van der Waals surface area (Å²) in [5.74, 6) is 0.549. The maximum absolute atomic E-state index is 11.1. The zero-order chi connectivity index (χ0) is 15.4. The molecule has 2 rings (SSSR count). The molecule has 132 valence electrons. The molecule has 1 heterocycles. The lowest BCUT2D eigenvalue weighted by molar-refractivity contribution is -0.385. The smallest absolute Gasteiger partial charge is 0.283 e. The van der Waals surface area contributed by atoms with Crippen LogP contribution in [0.25, 0.3) is 0 Å². The molecule has 1 aromatic carbocycles. The van der Waals surface area contributed by atoms with Crippen molar-refractivity contribution in [3.63, 3.8) is 0 Å². The predicted molar refractivity (Wildman–Crippen MR) is 102 cm³/mol. The van der Waals surface area contributed by atoms with Gasteiger partial charge in [0.15, 0.2) is 0 Å². The van der Waals surface area contributed by atoms with Gasteiger partial charge in [0, 0.05) is 38.3 Å². The number of nitro benzene ring substituents is 1. The molecule has 1 fully saturated rings. The summed E-state index contributed by atoms with van der Waals surface area (Å²) < 4.78 is 0.542. The van der Waals surface area contributed by atoms with Gasteiger partial charge in [-0.2, -0.15) is 0 Å². The van der Waals surface area contributed by atoms with Crippen molar-refractivity contribution in [3.05, 3.63) is 38.3 Å². The number of benzene rings is 1. The van der Waals surface area contributed by atoms with Gasteiger partial charge in [-0.1, -0.05) is 19.9 Å². The van der Waals surface area contributed by atoms with E-state index in [9.17, 15) is 10.1 Å². The van der Waals surface area contributed by atoms with Gasteiger partial charge in [0.1, 0.15) is 0 Å². The van der Waals surface area contributed by atoms with Crippen LogP contribution in [0.3, 0.4) is 0 Å². The van der Waals surface area contributed by atoms with Gasteiger partial charge in [-0.25, -0.2) is 0 Å². The molecule has 1 atom stereocenters. The van der Waals surface area contributed by atoms with E-state index in [2.05, 4.69) is 40.0 Å². The lowest BCUT2D eigenvalue weighted by atomic mass is 9.94. The van der Waals surface area contributed by atoms with E-state index in [0.29, 0.717) is 10.4 Å². The molecule has 23 heavy (non-hydrogen) atoms. The molecule has 1 N–H and O–H groups in total. The standard InChI is InChI=1S/C15H22BrN3O2.2ClH/c1-11(2)9-14(18-7-5-17-6-8-18)12-3-4-13(16)15(10-12)19(20)21;;/h3-4,10-11,14,17H,5-9H2,1-2H3;2*1H/t14-;;/m0../s1. The van der Waals surface area contributed by atoms with Crippen LogP contribution in [0.5, 0.6) is 0 Å². The van der Waals surface area contributed by atoms with Crippen LogP contribution in [-0.4, -0.2) is 36.0 Å². The molecule has 1 aromatic rings. The van der Waals surface area contributed by atoms with Gasteiger partial charge in [-0.15, -0.1) is 24.8 Å². The van der Waals surface area contributed by atoms with Crippen molar-refractivity contribution in [1.29, 1.82) is 0 Å². The van der Waals surface area contributed by atoms with Crippen molar-refractivity contribution < 1.29 is 4.92 Å². The number of nitrogens with one attached hydrogen (secondary N) is 1. The Labute approximate surface area is 158 Å². The molecular formula is C15H24BrCl2N3O2. The Balaban J connectivity index is 0.00000242. The molecule has 5 nitrogen and oxygen atoms in total. The third-order valence-corrected chi connectivity index (χ3v) is 4.51. The van der Waals surface area contributed by atoms with E-state index in [1.165, 1.54) is 0 Å². The zero-order valence-electron chi connectivity index (χ0n) is 13.3. The molecular weight excluding hydrogens is 405 g/mol. The molecule has 0 bridgehead atoms. The van der Waals surface area contributed by atoms with Gasteiger partial charge in [0.05, 0.1) is 9.40 Å². The number of halogens is 3. The van der Waals surface area contributed by atoms with Crippen molar-refractivity contribution in [3.8, 4) is 0 Å². The number of rotatable bonds is 5. The first-order chi connectivity index (χ1) is 9.99. The van der Waals surface area contributed by atoms with E-state index in [1.807, 2.05) is 6.07 Å². The summed E-state index contributed by atoms with van der Waals surface area (Å²) in [5, 5.41) is 14.5. The van der Waals surface area contributed by atoms with Gasteiger partial charge < -0.3 is 5.32 Å². The van der Waals surface area contributed by atoms with E-state index in [4.69, 9.17) is 0 Å². The fraction of sp³-hybridized carbons (Fsp3) is 0.600. The topological polar surface area (TPSA) is 58.4 Å². The first-order valence-corrected chi connectivity index (χ1v) is 8.17. The maximum Gasteiger partial charge on any atom is 0.283 e. The van der Waals surface area contributed by atoms with Crippen molar-refractivity contribution in [2.45, 2.75) is 26.3 Å². The number of hydrogen-bond donors (Lipinski definition) is 1. The minimum absolute atomic E-state index is 0. The minimum Gasteiger partial charge on any atom is -0.314 e. The van der Waals surface area contributed by atoms with Crippen molar-refractivity contribution in [2.75, 3.05) is 26.2 Å². The fourth-order valence-electron chi connectivity index (χ4n) is 2.81. The maximum atomic E-state index is 11.1. The lowest BCUT2D eigenvalue weighted by Gasteiger charge is -2.36. The molecule has 0 saturated carbocycles. The first-order valence-electron chi connectivity index (χ1n) is 7.37. The van der Waals surface area contributed by atoms with E-state index in [-0.39, 0.29) is 41.5 Å². The summed E-state index contributed by atoms with van der Waals surface area (Å²) in [6, 6.07) is 5.77. The molecule has 1 aliphatic heterocycles. The summed E-state index contributed by atoms with van der Waals surface area (Å²) in [7, 11) is 0. The van der Waals surface area contributed by atoms with Gasteiger partial charge in [0.2, 0.25) is 0 Å². The molecule has 0 unspecified atom stereocenters. The third-order valence-electron chi connectivity index (χ3n) is 3.84. The van der Waals surface area contributed by atoms with E-state index >= 15 is 0 Å². The number of nitro groups is 1. The van der Waals surface area contributed by atoms with Crippen LogP contribution in [0.15, 0.2) is 22.7 Å². The molecule has 0 amide bonds. The van der Waals surface area contributed by atoms with Crippen LogP contribution >= 0.6 is 40.7 Å². The van der Waals surface area contributed by atoms with Crippen molar-refractivity contribution >= 4 is 46.4 Å². The summed E-state index contributed by atoms with van der Waals surface area (Å²) >= 11 is 3.26. The predicted octanol–water partition coefficient (Wildman–Crippen LogP) is 4.19. The van der Waals surface area contributed by atoms with Gasteiger partial charge in [-0.05, 0) is 39.9 Å². The monoisotopic (exact) mass is 427 g/mol. The zero-order valence-corrected chi connectivity index (χ0v) is 16.5. The average molecular weight is 429 g/mol. The minimum atomic E-state index is -0.322. The highest BCUT2D eigenvalue weighted by molar-refractivity contribution is 9.10.